The van der Waals surface area contributed by atoms with Gasteiger partial charge in [0.15, 0.2) is 11.5 Å². The lowest BCUT2D eigenvalue weighted by Crippen LogP contribution is -2.12. The van der Waals surface area contributed by atoms with Gasteiger partial charge in [0, 0.05) is 12.8 Å². The molecule has 0 atom stereocenters. The molecule has 0 bridgehead atoms. The van der Waals surface area contributed by atoms with Crippen LogP contribution >= 0.6 is 0 Å². The zero-order valence-electron chi connectivity index (χ0n) is 20.1. The van der Waals surface area contributed by atoms with Gasteiger partial charge in [0.1, 0.15) is 0 Å². The molecule has 0 aliphatic heterocycles. The van der Waals surface area contributed by atoms with Crippen LogP contribution in [0.1, 0.15) is 117 Å². The third-order valence-electron chi connectivity index (χ3n) is 5.44. The molecule has 176 valence electrons. The van der Waals surface area contributed by atoms with Gasteiger partial charge < -0.3 is 9.47 Å². The van der Waals surface area contributed by atoms with Crippen molar-refractivity contribution in [3.63, 3.8) is 0 Å². The Kier molecular flexibility index (Phi) is 15.6. The van der Waals surface area contributed by atoms with Crippen LogP contribution in [0.3, 0.4) is 0 Å². The van der Waals surface area contributed by atoms with E-state index in [1.54, 1.807) is 24.3 Å². The highest BCUT2D eigenvalue weighted by atomic mass is 16.6. The van der Waals surface area contributed by atoms with Gasteiger partial charge in [-0.1, -0.05) is 104 Å². The number of carbonyl (C=O) groups excluding carboxylic acids is 2. The molecule has 0 spiro atoms. The highest BCUT2D eigenvalue weighted by Crippen LogP contribution is 2.27. The highest BCUT2D eigenvalue weighted by Gasteiger charge is 2.13. The first-order chi connectivity index (χ1) is 15.0. The van der Waals surface area contributed by atoms with E-state index >= 15 is 0 Å². The Labute approximate surface area is 190 Å². The fourth-order valence-electron chi connectivity index (χ4n) is 3.54. The van der Waals surface area contributed by atoms with Gasteiger partial charge >= 0.3 is 11.9 Å². The van der Waals surface area contributed by atoms with Crippen molar-refractivity contribution in [1.82, 2.24) is 0 Å². The molecule has 0 aromatic heterocycles. The Morgan fingerprint density at radius 2 is 1.10 bits per heavy atom. The topological polar surface area (TPSA) is 52.6 Å². The van der Waals surface area contributed by atoms with Crippen molar-refractivity contribution in [2.24, 2.45) is 5.92 Å². The number of rotatable bonds is 18. The number of benzene rings is 1. The summed E-state index contributed by atoms with van der Waals surface area (Å²) in [4.78, 5) is 24.3. The lowest BCUT2D eigenvalue weighted by atomic mass is 10.0. The average Bonchev–Trinajstić information content (AvgIpc) is 2.73. The largest absolute Gasteiger partial charge is 0.423 e. The van der Waals surface area contributed by atoms with Crippen LogP contribution in [0.5, 0.6) is 11.5 Å². The van der Waals surface area contributed by atoms with Crippen LogP contribution in [0.2, 0.25) is 0 Å². The van der Waals surface area contributed by atoms with Crippen LogP contribution in [0.15, 0.2) is 24.3 Å². The first-order valence-corrected chi connectivity index (χ1v) is 12.5. The predicted molar refractivity (Wildman–Crippen MR) is 127 cm³/mol. The fourth-order valence-corrected chi connectivity index (χ4v) is 3.54. The lowest BCUT2D eigenvalue weighted by Gasteiger charge is -2.10. The molecule has 0 unspecified atom stereocenters. The molecule has 1 aromatic rings. The van der Waals surface area contributed by atoms with Gasteiger partial charge in [-0.3, -0.25) is 9.59 Å². The average molecular weight is 433 g/mol. The molecule has 31 heavy (non-hydrogen) atoms. The van der Waals surface area contributed by atoms with Crippen LogP contribution in [0.25, 0.3) is 0 Å². The molecule has 0 radical (unpaired) electrons. The molecule has 1 rings (SSSR count). The van der Waals surface area contributed by atoms with E-state index in [0.29, 0.717) is 24.3 Å². The van der Waals surface area contributed by atoms with Gasteiger partial charge in [0.25, 0.3) is 0 Å². The van der Waals surface area contributed by atoms with E-state index in [2.05, 4.69) is 20.8 Å². The van der Waals surface area contributed by atoms with Gasteiger partial charge in [-0.05, 0) is 30.9 Å². The molecular weight excluding hydrogens is 388 g/mol. The van der Waals surface area contributed by atoms with Crippen molar-refractivity contribution >= 4 is 11.9 Å². The minimum atomic E-state index is -0.266. The first-order valence-electron chi connectivity index (χ1n) is 12.5. The Hall–Kier alpha value is -1.84. The van der Waals surface area contributed by atoms with E-state index in [9.17, 15) is 9.59 Å². The molecule has 0 aliphatic carbocycles. The van der Waals surface area contributed by atoms with Crippen LogP contribution in [-0.2, 0) is 9.59 Å². The van der Waals surface area contributed by atoms with Crippen molar-refractivity contribution in [2.45, 2.75) is 117 Å². The fraction of sp³-hybridized carbons (Fsp3) is 0.704. The molecular formula is C27H44O4. The van der Waals surface area contributed by atoms with Gasteiger partial charge in [0.2, 0.25) is 0 Å². The maximum Gasteiger partial charge on any atom is 0.311 e. The molecule has 1 aromatic carbocycles. The molecule has 4 nitrogen and oxygen atoms in total. The molecule has 0 N–H and O–H groups in total. The summed E-state index contributed by atoms with van der Waals surface area (Å²) in [5.74, 6) is 0.894. The molecule has 0 saturated heterocycles. The maximum atomic E-state index is 12.2. The normalized spacial score (nSPS) is 11.0. The predicted octanol–water partition coefficient (Wildman–Crippen LogP) is 8.02. The summed E-state index contributed by atoms with van der Waals surface area (Å²) in [6.45, 7) is 6.71. The van der Waals surface area contributed by atoms with Crippen molar-refractivity contribution in [3.8, 4) is 11.5 Å². The molecule has 4 heteroatoms. The quantitative estimate of drug-likeness (QED) is 0.134. The molecule has 0 fully saturated rings. The van der Waals surface area contributed by atoms with E-state index in [0.717, 1.165) is 38.0 Å². The third kappa shape index (κ3) is 14.7. The summed E-state index contributed by atoms with van der Waals surface area (Å²) >= 11 is 0. The summed E-state index contributed by atoms with van der Waals surface area (Å²) < 4.78 is 10.9. The second-order valence-electron chi connectivity index (χ2n) is 8.97. The zero-order valence-corrected chi connectivity index (χ0v) is 20.1. The van der Waals surface area contributed by atoms with E-state index < -0.39 is 0 Å². The third-order valence-corrected chi connectivity index (χ3v) is 5.44. The van der Waals surface area contributed by atoms with Crippen molar-refractivity contribution in [1.29, 1.82) is 0 Å². The minimum Gasteiger partial charge on any atom is -0.423 e. The molecule has 0 aliphatic rings. The highest BCUT2D eigenvalue weighted by molar-refractivity contribution is 5.76. The standard InChI is InChI=1S/C27H44O4/c1-4-5-6-7-8-11-14-21-26(28)30-24-19-16-17-20-25(24)31-27(29)22-15-12-9-10-13-18-23(2)3/h16-17,19-20,23H,4-15,18,21-22H2,1-3H3. The van der Waals surface area contributed by atoms with E-state index in [1.807, 2.05) is 0 Å². The van der Waals surface area contributed by atoms with Crippen LogP contribution in [-0.4, -0.2) is 11.9 Å². The summed E-state index contributed by atoms with van der Waals surface area (Å²) in [5.41, 5.74) is 0. The van der Waals surface area contributed by atoms with Gasteiger partial charge in [-0.2, -0.15) is 0 Å². The van der Waals surface area contributed by atoms with E-state index in [4.69, 9.17) is 9.47 Å². The van der Waals surface area contributed by atoms with Crippen molar-refractivity contribution in [2.75, 3.05) is 0 Å². The summed E-state index contributed by atoms with van der Waals surface area (Å²) in [5, 5.41) is 0. The summed E-state index contributed by atoms with van der Waals surface area (Å²) in [6, 6.07) is 6.93. The minimum absolute atomic E-state index is 0.265. The number of esters is 2. The van der Waals surface area contributed by atoms with Crippen LogP contribution in [0.4, 0.5) is 0 Å². The number of carbonyl (C=O) groups is 2. The Bertz CT molecular complexity index is 609. The van der Waals surface area contributed by atoms with E-state index in [1.165, 1.54) is 51.4 Å². The molecule has 0 heterocycles. The Morgan fingerprint density at radius 3 is 1.55 bits per heavy atom. The number of ether oxygens (including phenoxy) is 2. The number of hydrogen-bond acceptors (Lipinski definition) is 4. The number of hydrogen-bond donors (Lipinski definition) is 0. The molecule has 0 saturated carbocycles. The summed E-state index contributed by atoms with van der Waals surface area (Å²) in [7, 11) is 0. The smallest absolute Gasteiger partial charge is 0.311 e. The number of para-hydroxylation sites is 2. The van der Waals surface area contributed by atoms with E-state index in [-0.39, 0.29) is 11.9 Å². The second-order valence-corrected chi connectivity index (χ2v) is 8.97. The summed E-state index contributed by atoms with van der Waals surface area (Å²) in [6.07, 6.45) is 15.7. The SMILES string of the molecule is CCCCCCCCCC(=O)Oc1ccccc1OC(=O)CCCCCCCC(C)C. The lowest BCUT2D eigenvalue weighted by molar-refractivity contribution is -0.137. The van der Waals surface area contributed by atoms with Crippen molar-refractivity contribution in [3.05, 3.63) is 24.3 Å². The maximum absolute atomic E-state index is 12.2. The Morgan fingerprint density at radius 1 is 0.677 bits per heavy atom. The molecule has 0 amide bonds. The monoisotopic (exact) mass is 432 g/mol. The zero-order chi connectivity index (χ0) is 22.7. The van der Waals surface area contributed by atoms with Gasteiger partial charge in [-0.25, -0.2) is 0 Å². The van der Waals surface area contributed by atoms with Gasteiger partial charge in [-0.15, -0.1) is 0 Å². The first kappa shape index (κ1) is 27.2. The van der Waals surface area contributed by atoms with Crippen LogP contribution < -0.4 is 9.47 Å². The number of unbranched alkanes of at least 4 members (excludes halogenated alkanes) is 10. The van der Waals surface area contributed by atoms with Gasteiger partial charge in [0.05, 0.1) is 0 Å². The van der Waals surface area contributed by atoms with Crippen molar-refractivity contribution < 1.29 is 19.1 Å². The second kappa shape index (κ2) is 17.8. The van der Waals surface area contributed by atoms with Crippen LogP contribution in [0, 0.1) is 5.92 Å². The Balaban J connectivity index is 2.26.